The van der Waals surface area contributed by atoms with Gasteiger partial charge in [-0.3, -0.25) is 0 Å². The maximum atomic E-state index is 10.6. The van der Waals surface area contributed by atoms with Crippen LogP contribution in [0, 0.1) is 0 Å². The van der Waals surface area contributed by atoms with Gasteiger partial charge in [0, 0.05) is 18.3 Å². The minimum absolute atomic E-state index is 0.566. The van der Waals surface area contributed by atoms with Crippen molar-refractivity contribution in [3.8, 4) is 11.5 Å². The van der Waals surface area contributed by atoms with Crippen molar-refractivity contribution in [1.29, 1.82) is 0 Å². The molecule has 1 aliphatic carbocycles. The van der Waals surface area contributed by atoms with Crippen molar-refractivity contribution >= 4 is 5.69 Å². The molecule has 1 aliphatic heterocycles. The van der Waals surface area contributed by atoms with E-state index in [2.05, 4.69) is 5.32 Å². The van der Waals surface area contributed by atoms with Crippen molar-refractivity contribution in [3.63, 3.8) is 0 Å². The first kappa shape index (κ1) is 13.6. The second kappa shape index (κ2) is 5.92. The molecule has 0 bridgehead atoms. The molecule has 0 amide bonds. The summed E-state index contributed by atoms with van der Waals surface area (Å²) < 4.78 is 11.1. The first-order valence-electron chi connectivity index (χ1n) is 7.61. The van der Waals surface area contributed by atoms with Crippen LogP contribution in [0.4, 0.5) is 5.69 Å². The van der Waals surface area contributed by atoms with E-state index in [9.17, 15) is 5.11 Å². The quantitative estimate of drug-likeness (QED) is 0.834. The van der Waals surface area contributed by atoms with Gasteiger partial charge in [-0.15, -0.1) is 0 Å². The molecular weight excluding hydrogens is 254 g/mol. The van der Waals surface area contributed by atoms with Crippen molar-refractivity contribution in [2.45, 2.75) is 44.1 Å². The zero-order chi connectivity index (χ0) is 13.8. The van der Waals surface area contributed by atoms with Gasteiger partial charge in [0.2, 0.25) is 0 Å². The Kier molecular flexibility index (Phi) is 4.01. The van der Waals surface area contributed by atoms with Crippen LogP contribution in [0.15, 0.2) is 18.2 Å². The molecule has 2 aliphatic rings. The normalized spacial score (nSPS) is 21.1. The fourth-order valence-electron chi connectivity index (χ4n) is 2.98. The number of nitrogens with one attached hydrogen (secondary N) is 1. The Hall–Kier alpha value is -1.42. The van der Waals surface area contributed by atoms with Crippen LogP contribution in [-0.4, -0.2) is 30.5 Å². The summed E-state index contributed by atoms with van der Waals surface area (Å²) in [6.07, 6.45) is 6.52. The number of hydrogen-bond donors (Lipinski definition) is 2. The lowest BCUT2D eigenvalue weighted by atomic mass is 9.94. The molecule has 4 heteroatoms. The fourth-order valence-corrected chi connectivity index (χ4v) is 2.98. The number of ether oxygens (including phenoxy) is 2. The molecule has 4 nitrogen and oxygen atoms in total. The maximum absolute atomic E-state index is 10.6. The number of aliphatic hydroxyl groups is 1. The number of fused-ring (bicyclic) bond motifs is 1. The van der Waals surface area contributed by atoms with E-state index in [4.69, 9.17) is 9.47 Å². The fraction of sp³-hybridized carbons (Fsp3) is 0.625. The molecule has 0 spiro atoms. The van der Waals surface area contributed by atoms with E-state index in [-0.39, 0.29) is 0 Å². The van der Waals surface area contributed by atoms with Gasteiger partial charge in [-0.2, -0.15) is 0 Å². The largest absolute Gasteiger partial charge is 0.486 e. The van der Waals surface area contributed by atoms with Crippen LogP contribution in [0.2, 0.25) is 0 Å². The second-order valence-electron chi connectivity index (χ2n) is 5.85. The van der Waals surface area contributed by atoms with Crippen molar-refractivity contribution in [1.82, 2.24) is 0 Å². The molecule has 0 saturated heterocycles. The van der Waals surface area contributed by atoms with E-state index in [1.807, 2.05) is 18.2 Å². The lowest BCUT2D eigenvalue weighted by Crippen LogP contribution is -2.36. The van der Waals surface area contributed by atoms with Gasteiger partial charge in [0.05, 0.1) is 5.60 Å². The number of hydrogen-bond acceptors (Lipinski definition) is 4. The third kappa shape index (κ3) is 3.18. The van der Waals surface area contributed by atoms with E-state index in [0.717, 1.165) is 42.9 Å². The first-order valence-corrected chi connectivity index (χ1v) is 7.61. The summed E-state index contributed by atoms with van der Waals surface area (Å²) in [7, 11) is 0. The molecule has 20 heavy (non-hydrogen) atoms. The Morgan fingerprint density at radius 3 is 2.45 bits per heavy atom. The lowest BCUT2D eigenvalue weighted by molar-refractivity contribution is 0.0381. The van der Waals surface area contributed by atoms with E-state index in [0.29, 0.717) is 19.8 Å². The van der Waals surface area contributed by atoms with Crippen molar-refractivity contribution in [2.24, 2.45) is 0 Å². The standard InChI is InChI=1S/C16H23NO3/c18-16(7-3-1-2-4-8-16)12-17-13-5-6-14-15(11-13)20-10-9-19-14/h5-6,11,17-18H,1-4,7-10,12H2. The Labute approximate surface area is 120 Å². The summed E-state index contributed by atoms with van der Waals surface area (Å²) in [6.45, 7) is 1.81. The average molecular weight is 277 g/mol. The van der Waals surface area contributed by atoms with E-state index >= 15 is 0 Å². The topological polar surface area (TPSA) is 50.7 Å². The molecule has 0 unspecified atom stereocenters. The number of rotatable bonds is 3. The minimum Gasteiger partial charge on any atom is -0.486 e. The molecule has 0 radical (unpaired) electrons. The van der Waals surface area contributed by atoms with Crippen LogP contribution in [0.5, 0.6) is 11.5 Å². The smallest absolute Gasteiger partial charge is 0.163 e. The van der Waals surface area contributed by atoms with Gasteiger partial charge in [-0.25, -0.2) is 0 Å². The van der Waals surface area contributed by atoms with Crippen LogP contribution in [0.1, 0.15) is 38.5 Å². The molecule has 1 aromatic carbocycles. The SMILES string of the molecule is OC1(CNc2ccc3c(c2)OCCO3)CCCCCC1. The third-order valence-corrected chi connectivity index (χ3v) is 4.20. The second-order valence-corrected chi connectivity index (χ2v) is 5.85. The summed E-state index contributed by atoms with van der Waals surface area (Å²) >= 11 is 0. The van der Waals surface area contributed by atoms with Gasteiger partial charge in [0.25, 0.3) is 0 Å². The molecule has 0 aromatic heterocycles. The highest BCUT2D eigenvalue weighted by atomic mass is 16.6. The summed E-state index contributed by atoms with van der Waals surface area (Å²) in [6, 6.07) is 5.86. The molecule has 0 atom stereocenters. The van der Waals surface area contributed by atoms with Crippen LogP contribution in [0.25, 0.3) is 0 Å². The summed E-state index contributed by atoms with van der Waals surface area (Å²) in [4.78, 5) is 0. The molecule has 1 fully saturated rings. The van der Waals surface area contributed by atoms with E-state index < -0.39 is 5.60 Å². The van der Waals surface area contributed by atoms with Gasteiger partial charge in [0.15, 0.2) is 11.5 Å². The van der Waals surface area contributed by atoms with Crippen LogP contribution >= 0.6 is 0 Å². The maximum Gasteiger partial charge on any atom is 0.163 e. The van der Waals surface area contributed by atoms with E-state index in [1.165, 1.54) is 12.8 Å². The van der Waals surface area contributed by atoms with Gasteiger partial charge in [-0.1, -0.05) is 25.7 Å². The Morgan fingerprint density at radius 2 is 1.70 bits per heavy atom. The first-order chi connectivity index (χ1) is 9.75. The molecule has 3 rings (SSSR count). The van der Waals surface area contributed by atoms with Crippen LogP contribution in [0.3, 0.4) is 0 Å². The Bertz CT molecular complexity index is 453. The molecule has 2 N–H and O–H groups in total. The van der Waals surface area contributed by atoms with Gasteiger partial charge < -0.3 is 19.9 Å². The molecule has 1 heterocycles. The average Bonchev–Trinajstić information content (AvgIpc) is 2.70. The zero-order valence-electron chi connectivity index (χ0n) is 11.9. The lowest BCUT2D eigenvalue weighted by Gasteiger charge is -2.27. The van der Waals surface area contributed by atoms with Crippen molar-refractivity contribution < 1.29 is 14.6 Å². The van der Waals surface area contributed by atoms with Crippen LogP contribution < -0.4 is 14.8 Å². The highest BCUT2D eigenvalue weighted by Gasteiger charge is 2.27. The predicted octanol–water partition coefficient (Wildman–Crippen LogP) is 2.96. The Morgan fingerprint density at radius 1 is 1.00 bits per heavy atom. The van der Waals surface area contributed by atoms with Crippen molar-refractivity contribution in [2.75, 3.05) is 25.1 Å². The zero-order valence-corrected chi connectivity index (χ0v) is 11.9. The number of anilines is 1. The predicted molar refractivity (Wildman–Crippen MR) is 78.6 cm³/mol. The molecule has 1 aromatic rings. The minimum atomic E-state index is -0.566. The molecule has 1 saturated carbocycles. The van der Waals surface area contributed by atoms with E-state index in [1.54, 1.807) is 0 Å². The molecule has 110 valence electrons. The van der Waals surface area contributed by atoms with Gasteiger partial charge in [0.1, 0.15) is 13.2 Å². The molecular formula is C16H23NO3. The van der Waals surface area contributed by atoms with Crippen molar-refractivity contribution in [3.05, 3.63) is 18.2 Å². The monoisotopic (exact) mass is 277 g/mol. The summed E-state index contributed by atoms with van der Waals surface area (Å²) in [5.74, 6) is 1.59. The third-order valence-electron chi connectivity index (χ3n) is 4.20. The Balaban J connectivity index is 1.62. The highest BCUT2D eigenvalue weighted by Crippen LogP contribution is 2.33. The van der Waals surface area contributed by atoms with Gasteiger partial charge in [-0.05, 0) is 25.0 Å². The van der Waals surface area contributed by atoms with Crippen LogP contribution in [-0.2, 0) is 0 Å². The number of benzene rings is 1. The highest BCUT2D eigenvalue weighted by molar-refractivity contribution is 5.55. The van der Waals surface area contributed by atoms with Gasteiger partial charge >= 0.3 is 0 Å². The summed E-state index contributed by atoms with van der Waals surface area (Å²) in [5.41, 5.74) is 0.413. The summed E-state index contributed by atoms with van der Waals surface area (Å²) in [5, 5.41) is 14.0.